The molecular weight excluding hydrogens is 1350 g/mol. The van der Waals surface area contributed by atoms with Crippen LogP contribution in [0.3, 0.4) is 0 Å². The molecule has 9 heterocycles. The van der Waals surface area contributed by atoms with Crippen LogP contribution in [0.4, 0.5) is 21.5 Å². The summed E-state index contributed by atoms with van der Waals surface area (Å²) in [6, 6.07) is 42.9. The minimum atomic E-state index is -0.352. The highest BCUT2D eigenvalue weighted by molar-refractivity contribution is 6.06. The molecule has 23 heteroatoms. The second kappa shape index (κ2) is 34.6. The Bertz CT molecular complexity index is 5540. The second-order valence-corrected chi connectivity index (χ2v) is 27.5. The lowest BCUT2D eigenvalue weighted by atomic mass is 10.1. The van der Waals surface area contributed by atoms with E-state index in [2.05, 4.69) is 193 Å². The normalized spacial score (nSPS) is 14.3. The fourth-order valence-electron chi connectivity index (χ4n) is 12.8. The summed E-state index contributed by atoms with van der Waals surface area (Å²) in [7, 11) is 6.48. The molecule has 22 nitrogen and oxygen atoms in total. The molecule has 6 aromatic carbocycles. The minimum absolute atomic E-state index is 0.209. The van der Waals surface area contributed by atoms with Gasteiger partial charge in [-0.15, -0.1) is 0 Å². The van der Waals surface area contributed by atoms with Crippen LogP contribution in [0.15, 0.2) is 171 Å². The lowest BCUT2D eigenvalue weighted by Gasteiger charge is -2.32. The standard InChI is InChI=1S/C29H27N7O.C28H27FN6O.C28H28N6O/c1-20-13-25(6-5-23(20)19-36-11-9-35(2)10-12-36)32-29(37)24-14-22(17-31-18-24)4-8-28-26-15-21(16-30)3-7-27(26)33-34-28;1-19-13-24(6-4-21(19)18-35-11-9-34(2)10-12-35)31-28(36)22-14-20(16-30-17-22)3-7-26-25-15-23(29)5-8-27(25)33-32-26;1-20-15-24(9-8-22(20)19-34-13-11-33(2)12-14-34)30-28(35)23-16-21(17-29-18-23)7-10-27-25-5-3-4-6-26(25)31-32-27/h3,5-7,13-15,17-18H,9-12,19H2,1-2H3,(H,32,37)(H,33,34);4-6,8,13-17H,9-12,18H2,1-2H3,(H,31,36)(H,32,33);3-6,8-9,15-18H,11-14,19H2,1-2H3,(H,30,35)(H,31,32). The Kier molecular flexibility index (Phi) is 23.6. The highest BCUT2D eigenvalue weighted by Crippen LogP contribution is 2.25. The van der Waals surface area contributed by atoms with E-state index in [9.17, 15) is 18.8 Å². The zero-order valence-electron chi connectivity index (χ0n) is 61.2. The number of nitrogens with zero attached hydrogens (tertiary/aromatic N) is 13. The van der Waals surface area contributed by atoms with Crippen LogP contribution in [-0.4, -0.2) is 192 Å². The number of rotatable bonds is 12. The van der Waals surface area contributed by atoms with Crippen molar-refractivity contribution in [3.8, 4) is 41.6 Å². The maximum Gasteiger partial charge on any atom is 0.257 e. The highest BCUT2D eigenvalue weighted by atomic mass is 19.1. The van der Waals surface area contributed by atoms with Crippen LogP contribution in [0.25, 0.3) is 32.7 Å². The third-order valence-corrected chi connectivity index (χ3v) is 19.4. The summed E-state index contributed by atoms with van der Waals surface area (Å²) in [5.74, 6) is 17.2. The van der Waals surface area contributed by atoms with Gasteiger partial charge in [-0.3, -0.25) is 59.3 Å². The van der Waals surface area contributed by atoms with Crippen molar-refractivity contribution in [2.24, 2.45) is 0 Å². The third-order valence-electron chi connectivity index (χ3n) is 19.4. The van der Waals surface area contributed by atoms with E-state index in [1.54, 1.807) is 67.3 Å². The molecular formula is C85H82FN19O3. The number of likely N-dealkylation sites (N-methyl/N-ethyl adjacent to an activating group) is 3. The number of amides is 3. The number of pyridine rings is 3. The van der Waals surface area contributed by atoms with E-state index in [0.29, 0.717) is 61.2 Å². The number of hydrogen-bond donors (Lipinski definition) is 6. The van der Waals surface area contributed by atoms with Crippen molar-refractivity contribution in [2.75, 3.05) is 116 Å². The van der Waals surface area contributed by atoms with E-state index >= 15 is 0 Å². The van der Waals surface area contributed by atoms with E-state index in [-0.39, 0.29) is 23.5 Å². The van der Waals surface area contributed by atoms with Gasteiger partial charge in [0.05, 0.1) is 44.9 Å². The number of aromatic nitrogens is 9. The number of carbonyl (C=O) groups excluding carboxylic acids is 3. The molecule has 6 aromatic heterocycles. The number of benzene rings is 6. The first-order valence-electron chi connectivity index (χ1n) is 35.8. The molecule has 0 atom stereocenters. The van der Waals surface area contributed by atoms with Crippen LogP contribution in [0.1, 0.15) is 104 Å². The van der Waals surface area contributed by atoms with Crippen molar-refractivity contribution < 1.29 is 18.8 Å². The molecule has 3 aliphatic rings. The predicted molar refractivity (Wildman–Crippen MR) is 419 cm³/mol. The summed E-state index contributed by atoms with van der Waals surface area (Å²) in [4.78, 5) is 65.7. The van der Waals surface area contributed by atoms with E-state index in [1.807, 2.05) is 60.7 Å². The van der Waals surface area contributed by atoms with Gasteiger partial charge in [0.25, 0.3) is 17.7 Å². The Morgan fingerprint density at radius 2 is 0.750 bits per heavy atom. The zero-order chi connectivity index (χ0) is 75.0. The van der Waals surface area contributed by atoms with Crippen LogP contribution in [0, 0.1) is 73.4 Å². The van der Waals surface area contributed by atoms with Crippen molar-refractivity contribution in [3.05, 3.63) is 266 Å². The van der Waals surface area contributed by atoms with Gasteiger partial charge in [-0.05, 0) is 196 Å². The predicted octanol–water partition coefficient (Wildman–Crippen LogP) is 11.0. The molecule has 3 fully saturated rings. The number of halogens is 1. The molecule has 0 saturated carbocycles. The van der Waals surface area contributed by atoms with Gasteiger partial charge in [-0.1, -0.05) is 48.1 Å². The molecule has 0 bridgehead atoms. The van der Waals surface area contributed by atoms with Crippen LogP contribution in [0.2, 0.25) is 0 Å². The zero-order valence-corrected chi connectivity index (χ0v) is 61.2. The lowest BCUT2D eigenvalue weighted by Crippen LogP contribution is -2.43. The average molecular weight is 1440 g/mol. The topological polar surface area (TPSA) is 255 Å². The molecule has 12 aromatic rings. The van der Waals surface area contributed by atoms with E-state index in [0.717, 1.165) is 154 Å². The van der Waals surface area contributed by atoms with Gasteiger partial charge in [-0.25, -0.2) is 4.39 Å². The second-order valence-electron chi connectivity index (χ2n) is 27.5. The molecule has 6 N–H and O–H groups in total. The van der Waals surface area contributed by atoms with E-state index < -0.39 is 0 Å². The van der Waals surface area contributed by atoms with Crippen molar-refractivity contribution in [2.45, 2.75) is 40.4 Å². The smallest absolute Gasteiger partial charge is 0.257 e. The van der Waals surface area contributed by atoms with Gasteiger partial charge in [0.15, 0.2) is 0 Å². The van der Waals surface area contributed by atoms with Crippen molar-refractivity contribution in [1.82, 2.24) is 74.9 Å². The van der Waals surface area contributed by atoms with Crippen LogP contribution < -0.4 is 16.0 Å². The fourth-order valence-corrected chi connectivity index (χ4v) is 12.8. The monoisotopic (exact) mass is 1440 g/mol. The highest BCUT2D eigenvalue weighted by Gasteiger charge is 2.20. The Hall–Kier alpha value is -12.6. The number of carbonyl (C=O) groups is 3. The first-order valence-corrected chi connectivity index (χ1v) is 35.8. The lowest BCUT2D eigenvalue weighted by molar-refractivity contribution is 0.101. The van der Waals surface area contributed by atoms with Crippen molar-refractivity contribution >= 4 is 67.5 Å². The van der Waals surface area contributed by atoms with Crippen molar-refractivity contribution in [1.29, 1.82) is 5.26 Å². The maximum atomic E-state index is 13.6. The molecule has 0 radical (unpaired) electrons. The average Bonchev–Trinajstić information content (AvgIpc) is 1.77. The Morgan fingerprint density at radius 1 is 0.398 bits per heavy atom. The number of hydrogen-bond acceptors (Lipinski definition) is 16. The van der Waals surface area contributed by atoms with Gasteiger partial charge < -0.3 is 30.7 Å². The van der Waals surface area contributed by atoms with Crippen LogP contribution in [0.5, 0.6) is 0 Å². The molecule has 15 rings (SSSR count). The van der Waals surface area contributed by atoms with Gasteiger partial charge in [-0.2, -0.15) is 20.6 Å². The first kappa shape index (κ1) is 73.8. The number of nitriles is 1. The van der Waals surface area contributed by atoms with Gasteiger partial charge in [0.2, 0.25) is 0 Å². The van der Waals surface area contributed by atoms with Crippen LogP contribution in [-0.2, 0) is 19.6 Å². The number of para-hydroxylation sites is 1. The van der Waals surface area contributed by atoms with Gasteiger partial charge in [0, 0.05) is 185 Å². The van der Waals surface area contributed by atoms with Crippen LogP contribution >= 0.6 is 0 Å². The molecule has 108 heavy (non-hydrogen) atoms. The largest absolute Gasteiger partial charge is 0.322 e. The number of aryl methyl sites for hydroxylation is 3. The summed E-state index contributed by atoms with van der Waals surface area (Å²) < 4.78 is 13.6. The number of nitrogens with one attached hydrogen (secondary N) is 6. The summed E-state index contributed by atoms with van der Waals surface area (Å²) >= 11 is 0. The molecule has 0 aliphatic carbocycles. The maximum absolute atomic E-state index is 13.6. The summed E-state index contributed by atoms with van der Waals surface area (Å²) in [6.07, 6.45) is 9.44. The first-order chi connectivity index (χ1) is 52.5. The molecule has 3 aliphatic heterocycles. The molecule has 3 amide bonds. The van der Waals surface area contributed by atoms with E-state index in [1.165, 1.54) is 46.8 Å². The Balaban J connectivity index is 0.000000143. The number of anilines is 3. The van der Waals surface area contributed by atoms with Crippen molar-refractivity contribution in [3.63, 3.8) is 0 Å². The summed E-state index contributed by atoms with van der Waals surface area (Å²) in [5.41, 5.74) is 17.3. The number of aromatic amines is 3. The quantitative estimate of drug-likeness (QED) is 0.0622. The molecule has 3 saturated heterocycles. The Labute approximate surface area is 626 Å². The van der Waals surface area contributed by atoms with Gasteiger partial charge in [0.1, 0.15) is 22.9 Å². The number of fused-ring (bicyclic) bond motifs is 3. The molecule has 0 unspecified atom stereocenters. The summed E-state index contributed by atoms with van der Waals surface area (Å²) in [6.45, 7) is 22.0. The Morgan fingerprint density at radius 3 is 1.13 bits per heavy atom. The van der Waals surface area contributed by atoms with Gasteiger partial charge >= 0.3 is 0 Å². The number of piperazine rings is 3. The molecule has 542 valence electrons. The summed E-state index contributed by atoms with van der Waals surface area (Å²) in [5, 5.41) is 41.7. The SMILES string of the molecule is Cc1cc(NC(=O)c2cncc(C#Cc3[nH]nc4ccc(C#N)cc34)c2)ccc1CN1CCN(C)CC1.Cc1cc(NC(=O)c2cncc(C#Cc3[nH]nc4ccc(F)cc34)c2)ccc1CN1CCN(C)CC1.Cc1cc(NC(=O)c2cncc(C#Cc3[nH]nc4ccccc34)c2)ccc1CN1CCN(C)CC1. The fraction of sp³-hybridized carbons (Fsp3) is 0.247. The number of H-pyrrole nitrogens is 3. The molecule has 0 spiro atoms. The van der Waals surface area contributed by atoms with E-state index in [4.69, 9.17) is 5.26 Å². The minimum Gasteiger partial charge on any atom is -0.322 e. The third kappa shape index (κ3) is 19.3.